The lowest BCUT2D eigenvalue weighted by atomic mass is 10.1. The van der Waals surface area contributed by atoms with E-state index < -0.39 is 0 Å². The zero-order chi connectivity index (χ0) is 21.1. The molecule has 0 atom stereocenters. The number of ketones is 1. The average molecular weight is 429 g/mol. The first-order valence-corrected chi connectivity index (χ1v) is 11.2. The van der Waals surface area contributed by atoms with E-state index in [2.05, 4.69) is 53.2 Å². The normalized spacial score (nSPS) is 11.1. The highest BCUT2D eigenvalue weighted by atomic mass is 32.2. The van der Waals surface area contributed by atoms with E-state index in [0.29, 0.717) is 16.4 Å². The molecule has 0 fully saturated rings. The van der Waals surface area contributed by atoms with Crippen molar-refractivity contribution in [1.82, 2.24) is 14.8 Å². The molecular formula is C21H24N4O2S2. The standard InChI is InChI=1S/C21H24N4O2S2/c1-12(2)25-20(18-10-28-15(5)13(18)3)23-24-21(25)29-11-19(27)22-17-8-6-7-16(9-17)14(4)26/h6-10,12H,11H2,1-5H3,(H,22,27). The highest BCUT2D eigenvalue weighted by Crippen LogP contribution is 2.33. The minimum atomic E-state index is -0.155. The maximum absolute atomic E-state index is 12.4. The molecule has 0 aliphatic heterocycles. The summed E-state index contributed by atoms with van der Waals surface area (Å²) in [6.07, 6.45) is 0. The summed E-state index contributed by atoms with van der Waals surface area (Å²) in [6.45, 7) is 9.86. The fraction of sp³-hybridized carbons (Fsp3) is 0.333. The predicted octanol–water partition coefficient (Wildman–Crippen LogP) is 5.14. The van der Waals surface area contributed by atoms with Gasteiger partial charge in [0, 0.05) is 33.1 Å². The number of carbonyl (C=O) groups excluding carboxylic acids is 2. The number of benzene rings is 1. The van der Waals surface area contributed by atoms with Gasteiger partial charge in [-0.1, -0.05) is 23.9 Å². The molecule has 1 N–H and O–H groups in total. The van der Waals surface area contributed by atoms with Crippen LogP contribution in [0, 0.1) is 13.8 Å². The van der Waals surface area contributed by atoms with Gasteiger partial charge in [0.2, 0.25) is 5.91 Å². The predicted molar refractivity (Wildman–Crippen MR) is 119 cm³/mol. The number of amides is 1. The second-order valence-corrected chi connectivity index (χ2v) is 9.10. The summed E-state index contributed by atoms with van der Waals surface area (Å²) in [5, 5.41) is 14.4. The van der Waals surface area contributed by atoms with Gasteiger partial charge in [0.05, 0.1) is 5.75 Å². The van der Waals surface area contributed by atoms with Crippen LogP contribution in [0.3, 0.4) is 0 Å². The number of Topliss-reactive ketones (excluding diaryl/α,β-unsaturated/α-hetero) is 1. The Morgan fingerprint density at radius 3 is 2.62 bits per heavy atom. The summed E-state index contributed by atoms with van der Waals surface area (Å²) in [5.41, 5.74) is 3.48. The minimum absolute atomic E-state index is 0.0352. The van der Waals surface area contributed by atoms with Crippen LogP contribution in [0.4, 0.5) is 5.69 Å². The van der Waals surface area contributed by atoms with Crippen molar-refractivity contribution in [2.45, 2.75) is 45.8 Å². The van der Waals surface area contributed by atoms with E-state index in [1.54, 1.807) is 35.6 Å². The van der Waals surface area contributed by atoms with Crippen LogP contribution in [0.15, 0.2) is 34.8 Å². The first kappa shape index (κ1) is 21.3. The van der Waals surface area contributed by atoms with Crippen LogP contribution in [-0.4, -0.2) is 32.2 Å². The monoisotopic (exact) mass is 428 g/mol. The van der Waals surface area contributed by atoms with Crippen molar-refractivity contribution in [2.24, 2.45) is 0 Å². The lowest BCUT2D eigenvalue weighted by molar-refractivity contribution is -0.113. The number of rotatable bonds is 7. The number of aryl methyl sites for hydroxylation is 1. The molecule has 2 heterocycles. The summed E-state index contributed by atoms with van der Waals surface area (Å²) in [6, 6.07) is 7.10. The Morgan fingerprint density at radius 2 is 2.00 bits per heavy atom. The van der Waals surface area contributed by atoms with Gasteiger partial charge in [-0.2, -0.15) is 0 Å². The average Bonchev–Trinajstić information content (AvgIpc) is 3.24. The first-order chi connectivity index (χ1) is 13.8. The Balaban J connectivity index is 1.74. The van der Waals surface area contributed by atoms with Crippen LogP contribution in [-0.2, 0) is 4.79 Å². The molecule has 2 aromatic heterocycles. The van der Waals surface area contributed by atoms with Gasteiger partial charge >= 0.3 is 0 Å². The molecule has 3 aromatic rings. The molecule has 3 rings (SSSR count). The molecule has 152 valence electrons. The van der Waals surface area contributed by atoms with Crippen LogP contribution in [0.2, 0.25) is 0 Å². The van der Waals surface area contributed by atoms with E-state index in [9.17, 15) is 9.59 Å². The largest absolute Gasteiger partial charge is 0.325 e. The Morgan fingerprint density at radius 1 is 1.24 bits per heavy atom. The van der Waals surface area contributed by atoms with E-state index in [1.165, 1.54) is 29.1 Å². The van der Waals surface area contributed by atoms with Crippen LogP contribution < -0.4 is 5.32 Å². The van der Waals surface area contributed by atoms with Gasteiger partial charge in [-0.3, -0.25) is 14.2 Å². The molecule has 0 aliphatic carbocycles. The molecular weight excluding hydrogens is 404 g/mol. The van der Waals surface area contributed by atoms with Gasteiger partial charge < -0.3 is 5.32 Å². The Labute approximate surface area is 178 Å². The lowest BCUT2D eigenvalue weighted by Gasteiger charge is -2.13. The number of nitrogens with one attached hydrogen (secondary N) is 1. The summed E-state index contributed by atoms with van der Waals surface area (Å²) in [4.78, 5) is 25.2. The molecule has 1 amide bonds. The third-order valence-corrected chi connectivity index (χ3v) is 6.55. The lowest BCUT2D eigenvalue weighted by Crippen LogP contribution is -2.15. The Hall–Kier alpha value is -2.45. The van der Waals surface area contributed by atoms with Crippen molar-refractivity contribution >= 4 is 40.5 Å². The Kier molecular flexibility index (Phi) is 6.54. The number of nitrogens with zero attached hydrogens (tertiary/aromatic N) is 3. The van der Waals surface area contributed by atoms with Gasteiger partial charge in [0.1, 0.15) is 0 Å². The van der Waals surface area contributed by atoms with E-state index in [-0.39, 0.29) is 23.5 Å². The number of thiophene rings is 1. The van der Waals surface area contributed by atoms with Crippen LogP contribution >= 0.6 is 23.1 Å². The third kappa shape index (κ3) is 4.76. The number of hydrogen-bond donors (Lipinski definition) is 1. The first-order valence-electron chi connectivity index (χ1n) is 9.31. The third-order valence-electron chi connectivity index (χ3n) is 4.59. The highest BCUT2D eigenvalue weighted by molar-refractivity contribution is 7.99. The topological polar surface area (TPSA) is 76.9 Å². The molecule has 0 saturated heterocycles. The van der Waals surface area contributed by atoms with E-state index in [0.717, 1.165) is 11.4 Å². The van der Waals surface area contributed by atoms with E-state index >= 15 is 0 Å². The quantitative estimate of drug-likeness (QED) is 0.417. The van der Waals surface area contributed by atoms with Crippen LogP contribution in [0.1, 0.15) is 47.6 Å². The number of hydrogen-bond acceptors (Lipinski definition) is 6. The van der Waals surface area contributed by atoms with Gasteiger partial charge in [0.15, 0.2) is 16.8 Å². The zero-order valence-corrected chi connectivity index (χ0v) is 18.8. The fourth-order valence-electron chi connectivity index (χ4n) is 2.90. The molecule has 0 unspecified atom stereocenters. The zero-order valence-electron chi connectivity index (χ0n) is 17.1. The highest BCUT2D eigenvalue weighted by Gasteiger charge is 2.20. The fourth-order valence-corrected chi connectivity index (χ4v) is 4.63. The summed E-state index contributed by atoms with van der Waals surface area (Å²) < 4.78 is 2.07. The minimum Gasteiger partial charge on any atom is -0.325 e. The summed E-state index contributed by atoms with van der Waals surface area (Å²) in [5.74, 6) is 0.848. The molecule has 0 bridgehead atoms. The molecule has 0 aliphatic rings. The van der Waals surface area contributed by atoms with Crippen molar-refractivity contribution in [3.8, 4) is 11.4 Å². The van der Waals surface area contributed by atoms with Gasteiger partial charge in [-0.15, -0.1) is 21.5 Å². The van der Waals surface area contributed by atoms with Crippen LogP contribution in [0.25, 0.3) is 11.4 Å². The smallest absolute Gasteiger partial charge is 0.234 e. The van der Waals surface area contributed by atoms with E-state index in [1.807, 2.05) is 0 Å². The van der Waals surface area contributed by atoms with Crippen molar-refractivity contribution in [3.05, 3.63) is 45.6 Å². The summed E-state index contributed by atoms with van der Waals surface area (Å²) in [7, 11) is 0. The van der Waals surface area contributed by atoms with Crippen molar-refractivity contribution in [2.75, 3.05) is 11.1 Å². The molecule has 8 heteroatoms. The second-order valence-electron chi connectivity index (χ2n) is 7.07. The molecule has 6 nitrogen and oxygen atoms in total. The molecule has 0 spiro atoms. The second kappa shape index (κ2) is 8.92. The van der Waals surface area contributed by atoms with Gasteiger partial charge in [-0.05, 0) is 52.3 Å². The SMILES string of the molecule is CC(=O)c1cccc(NC(=O)CSc2nnc(-c3csc(C)c3C)n2C(C)C)c1. The number of thioether (sulfide) groups is 1. The Bertz CT molecular complexity index is 1050. The van der Waals surface area contributed by atoms with Gasteiger partial charge in [0.25, 0.3) is 0 Å². The number of aromatic nitrogens is 3. The van der Waals surface area contributed by atoms with Crippen LogP contribution in [0.5, 0.6) is 0 Å². The van der Waals surface area contributed by atoms with Crippen molar-refractivity contribution < 1.29 is 9.59 Å². The maximum Gasteiger partial charge on any atom is 0.234 e. The number of anilines is 1. The van der Waals surface area contributed by atoms with Crippen molar-refractivity contribution in [3.63, 3.8) is 0 Å². The molecule has 1 aromatic carbocycles. The summed E-state index contributed by atoms with van der Waals surface area (Å²) >= 11 is 3.06. The molecule has 0 saturated carbocycles. The van der Waals surface area contributed by atoms with Gasteiger partial charge in [-0.25, -0.2) is 0 Å². The number of carbonyl (C=O) groups is 2. The van der Waals surface area contributed by atoms with Crippen molar-refractivity contribution in [1.29, 1.82) is 0 Å². The molecule has 29 heavy (non-hydrogen) atoms. The maximum atomic E-state index is 12.4. The molecule has 0 radical (unpaired) electrons. The van der Waals surface area contributed by atoms with E-state index in [4.69, 9.17) is 0 Å².